The second-order valence-corrected chi connectivity index (χ2v) is 30.9. The molecule has 0 aliphatic carbocycles. The summed E-state index contributed by atoms with van der Waals surface area (Å²) in [4.78, 5) is 257. The zero-order valence-electron chi connectivity index (χ0n) is 69.9. The molecule has 1 aromatic carbocycles. The molecule has 1 saturated heterocycles. The number of nitrogens with one attached hydrogen (secondary N) is 17. The van der Waals surface area contributed by atoms with Crippen LogP contribution in [0.1, 0.15) is 117 Å². The van der Waals surface area contributed by atoms with Gasteiger partial charge in [0.2, 0.25) is 88.6 Å². The Hall–Kier alpha value is -10.6. The number of aliphatic hydroxyl groups excluding tert-OH is 4. The maximum Gasteiger partial charge on any atom is 0.305 e. The molecule has 1 heterocycles. The third kappa shape index (κ3) is 42.2. The number of unbranched alkanes of at least 4 members (excludes halogenated alkanes) is 1. The molecule has 124 heavy (non-hydrogen) atoms. The largest absolute Gasteiger partial charge is 0.481 e. The van der Waals surface area contributed by atoms with E-state index >= 15 is 0 Å². The van der Waals surface area contributed by atoms with Crippen LogP contribution in [0.3, 0.4) is 0 Å². The van der Waals surface area contributed by atoms with Crippen molar-refractivity contribution in [3.05, 3.63) is 35.9 Å². The first-order valence-corrected chi connectivity index (χ1v) is 42.7. The van der Waals surface area contributed by atoms with Gasteiger partial charge in [0, 0.05) is 37.4 Å². The van der Waals surface area contributed by atoms with Crippen molar-refractivity contribution < 1.29 is 112 Å². The molecule has 0 radical (unpaired) electrons. The van der Waals surface area contributed by atoms with E-state index in [0.29, 0.717) is 12.0 Å². The molecule has 15 atom stereocenters. The molecule has 1 fully saturated rings. The molecular formula is C74H124N24O23S3. The molecule has 50 heteroatoms. The van der Waals surface area contributed by atoms with Gasteiger partial charge in [0.05, 0.1) is 64.6 Å². The van der Waals surface area contributed by atoms with Crippen LogP contribution in [0.5, 0.6) is 0 Å². The van der Waals surface area contributed by atoms with Crippen LogP contribution in [0, 0.1) is 11.8 Å². The number of carboxylic acid groups (broad SMARTS) is 1. The highest BCUT2D eigenvalue weighted by molar-refractivity contribution is 7.98. The Bertz CT molecular complexity index is 3780. The number of thioether (sulfide) groups is 1. The lowest BCUT2D eigenvalue weighted by molar-refractivity contribution is -0.141. The number of nitrogens with two attached hydrogens (primary N) is 5. The zero-order valence-corrected chi connectivity index (χ0v) is 72.5. The minimum atomic E-state index is -2.03. The number of benzene rings is 1. The normalized spacial score (nSPS) is 25.0. The van der Waals surface area contributed by atoms with E-state index in [1.54, 1.807) is 57.4 Å². The van der Waals surface area contributed by atoms with Gasteiger partial charge in [-0.1, -0.05) is 64.4 Å². The van der Waals surface area contributed by atoms with E-state index < -0.39 is 262 Å². The summed E-state index contributed by atoms with van der Waals surface area (Å²) in [6.45, 7) is -0.877. The lowest BCUT2D eigenvalue weighted by atomic mass is 9.97. The fraction of sp³-hybridized carbons (Fsp3) is 0.649. The Morgan fingerprint density at radius 3 is 1.22 bits per heavy atom. The van der Waals surface area contributed by atoms with E-state index in [1.165, 1.54) is 18.7 Å². The number of nitrogens with zero attached hydrogens (tertiary/aromatic N) is 2. The molecule has 0 spiro atoms. The van der Waals surface area contributed by atoms with Gasteiger partial charge in [0.1, 0.15) is 72.5 Å². The van der Waals surface area contributed by atoms with E-state index in [0.717, 1.165) is 0 Å². The zero-order chi connectivity index (χ0) is 93.1. The Morgan fingerprint density at radius 1 is 0.444 bits per heavy atom. The molecule has 0 aromatic heterocycles. The van der Waals surface area contributed by atoms with Crippen LogP contribution in [0.4, 0.5) is 0 Å². The van der Waals surface area contributed by atoms with Crippen LogP contribution in [0.25, 0.3) is 0 Å². The molecule has 0 bridgehead atoms. The van der Waals surface area contributed by atoms with Crippen molar-refractivity contribution in [2.75, 3.05) is 89.2 Å². The minimum absolute atomic E-state index is 0.0299. The van der Waals surface area contributed by atoms with Gasteiger partial charge in [0.25, 0.3) is 0 Å². The van der Waals surface area contributed by atoms with Crippen molar-refractivity contribution in [2.45, 2.75) is 202 Å². The number of thiol groups is 2. The van der Waals surface area contributed by atoms with E-state index in [1.807, 2.05) is 5.32 Å². The van der Waals surface area contributed by atoms with Crippen LogP contribution < -0.4 is 119 Å². The lowest BCUT2D eigenvalue weighted by Crippen LogP contribution is -2.62. The molecule has 15 amide bonds. The molecule has 1 aliphatic heterocycles. The smallest absolute Gasteiger partial charge is 0.305 e. The average molecular weight is 1810 g/mol. The Kier molecular flexibility index (Phi) is 53.0. The Balaban J connectivity index is 2.80. The lowest BCUT2D eigenvalue weighted by Gasteiger charge is -2.29. The van der Waals surface area contributed by atoms with E-state index in [2.05, 4.69) is 121 Å². The van der Waals surface area contributed by atoms with E-state index in [-0.39, 0.29) is 119 Å². The summed E-state index contributed by atoms with van der Waals surface area (Å²) in [6, 6.07) is -14.5. The van der Waals surface area contributed by atoms with Gasteiger partial charge in [-0.2, -0.15) is 37.0 Å². The average Bonchev–Trinajstić information content (AvgIpc) is 0.888. The van der Waals surface area contributed by atoms with E-state index in [9.17, 15) is 112 Å². The van der Waals surface area contributed by atoms with Crippen molar-refractivity contribution in [3.63, 3.8) is 0 Å². The Labute approximate surface area is 731 Å². The van der Waals surface area contributed by atoms with E-state index in [4.69, 9.17) is 28.7 Å². The van der Waals surface area contributed by atoms with Gasteiger partial charge in [-0.25, -0.2) is 10.9 Å². The molecular weight excluding hydrogens is 1690 g/mol. The molecule has 2 rings (SSSR count). The van der Waals surface area contributed by atoms with Crippen molar-refractivity contribution in [3.8, 4) is 0 Å². The number of amides is 15. The van der Waals surface area contributed by atoms with Gasteiger partial charge in [0.15, 0.2) is 23.5 Å². The van der Waals surface area contributed by atoms with Crippen LogP contribution in [0.15, 0.2) is 40.3 Å². The third-order valence-electron chi connectivity index (χ3n) is 18.8. The van der Waals surface area contributed by atoms with Crippen LogP contribution >= 0.6 is 37.0 Å². The third-order valence-corrected chi connectivity index (χ3v) is 20.2. The number of aliphatic hydroxyl groups is 4. The van der Waals surface area contributed by atoms with Crippen molar-refractivity contribution in [1.82, 2.24) is 90.6 Å². The number of rotatable bonds is 29. The quantitative estimate of drug-likeness (QED) is 0.0153. The topological polar surface area (TPSA) is 768 Å². The van der Waals surface area contributed by atoms with Crippen LogP contribution in [-0.2, 0) is 92.7 Å². The summed E-state index contributed by atoms with van der Waals surface area (Å²) in [5, 5.41) is 86.5. The first-order valence-electron chi connectivity index (χ1n) is 40.1. The maximum atomic E-state index is 14.6. The number of guanidine groups is 2. The number of ketones is 2. The molecule has 0 saturated carbocycles. The molecule has 696 valence electrons. The Morgan fingerprint density at radius 2 is 0.798 bits per heavy atom. The SMILES string of the molecule is CC[C@H](C)[C@@H]1NC(=O)[C@H](CCCN=C(N)N)NC(=O)[C@H](CC(=O)O)NC(=O)[C@H](CCSC)NC(=O)[C@H](CCCCN)NC(=O)[C@H](CCCN=C(N)N)NC(=O)CNC(=O)[C@H](Cc2ccccc2)NN[C@@H](CS)C(=O)CCC(=O)[C@H](CS)NC(=O)CNC(=O)[C@H](CC(C)C)NC(=O)CNC(=O)[C@H](CO)NC(=O)[C@H](CO)NC(=O)[C@H](CO)NC(=O)[C@H](CO)NC1=O. The molecule has 1 aromatic rings. The predicted octanol–water partition coefficient (Wildman–Crippen LogP) is -11.5. The standard InChI is InChI=1S/C74H124N24O23S3/c1-6-39(4)60-72(121)95-51(35-102)71(120)94-50(34-101)70(119)93-49(33-100)69(118)92-48(32-99)63(112)84-30-57(106)86-45(26-38(2)3)61(110)82-31-58(107)87-52(36-122)54(103)19-20-55(104)53(37-123)98-97-47(27-40-14-8-7-9-15-40)62(111)83-29-56(105)85-41(17-12-23-80-73(76)77)64(113)88-42(16-10-11-22-75)65(114)90-44(21-25-124-5)66(115)91-46(28-59(108)109)68(117)89-43(67(116)96-60)18-13-24-81-74(78)79/h7-9,14-15,38-39,41-53,60,97-102,122-123H,6,10-13,16-37,75H2,1-5H3,(H,82,110)(H,83,111)(H,84,112)(H,85,105)(H,86,106)(H,87,107)(H,88,113)(H,89,117)(H,90,114)(H,91,115)(H,92,118)(H,93,119)(H,94,120)(H,95,121)(H,96,116)(H,108,109)(H4,76,77,80)(H4,78,79,81)/t39-,41-,42-,43-,44-,45-,46-,47-,48-,49-,50-,51-,52-,53-,60-/m0/s1. The van der Waals surface area contributed by atoms with Gasteiger partial charge in [-0.15, -0.1) is 0 Å². The van der Waals surface area contributed by atoms with Crippen molar-refractivity contribution in [2.24, 2.45) is 50.5 Å². The second kappa shape index (κ2) is 60.0. The summed E-state index contributed by atoms with van der Waals surface area (Å²) < 4.78 is 0. The number of carbonyl (C=O) groups is 18. The first-order chi connectivity index (χ1) is 58.8. The van der Waals surface area contributed by atoms with Crippen molar-refractivity contribution in [1.29, 1.82) is 0 Å². The van der Waals surface area contributed by atoms with Crippen molar-refractivity contribution >= 4 is 155 Å². The summed E-state index contributed by atoms with van der Waals surface area (Å²) in [5.74, 6) is -21.5. The summed E-state index contributed by atoms with van der Waals surface area (Å²) in [7, 11) is 0. The number of hydrazine groups is 1. The fourth-order valence-corrected chi connectivity index (χ4v) is 12.8. The minimum Gasteiger partial charge on any atom is -0.481 e. The van der Waals surface area contributed by atoms with Crippen LogP contribution in [0.2, 0.25) is 0 Å². The monoisotopic (exact) mass is 1810 g/mol. The molecule has 1 aliphatic rings. The number of hydrogen-bond acceptors (Lipinski definition) is 30. The summed E-state index contributed by atoms with van der Waals surface area (Å²) in [6.07, 6.45) is -0.721. The number of carboxylic acids is 1. The molecule has 0 unspecified atom stereocenters. The van der Waals surface area contributed by atoms with Gasteiger partial charge in [-0.05, 0) is 100 Å². The number of carbonyl (C=O) groups excluding carboxylic acids is 17. The number of Topliss-reactive ketones (excluding diaryl/α,β-unsaturated/α-hetero) is 2. The molecule has 32 N–H and O–H groups in total. The molecule has 47 nitrogen and oxygen atoms in total. The number of aliphatic carboxylic acids is 1. The maximum absolute atomic E-state index is 14.6. The highest BCUT2D eigenvalue weighted by Crippen LogP contribution is 2.15. The first kappa shape index (κ1) is 109. The second-order valence-electron chi connectivity index (χ2n) is 29.2. The van der Waals surface area contributed by atoms with Gasteiger partial charge in [-0.3, -0.25) is 96.3 Å². The summed E-state index contributed by atoms with van der Waals surface area (Å²) >= 11 is 9.74. The number of aliphatic imine (C=N–C) groups is 2. The summed E-state index contributed by atoms with van der Waals surface area (Å²) in [5.41, 5.74) is 34.2. The fourth-order valence-electron chi connectivity index (χ4n) is 11.7. The van der Waals surface area contributed by atoms with Crippen LogP contribution in [-0.4, -0.2) is 317 Å². The van der Waals surface area contributed by atoms with Gasteiger partial charge < -0.3 is 134 Å². The highest BCUT2D eigenvalue weighted by atomic mass is 32.2. The highest BCUT2D eigenvalue weighted by Gasteiger charge is 2.39. The van der Waals surface area contributed by atoms with Gasteiger partial charge >= 0.3 is 5.97 Å². The number of hydrogen-bond donors (Lipinski definition) is 29. The predicted molar refractivity (Wildman–Crippen MR) is 458 cm³/mol.